The predicted octanol–water partition coefficient (Wildman–Crippen LogP) is 4.82. The Hall–Kier alpha value is -2.01. The molecule has 2 aliphatic rings. The summed E-state index contributed by atoms with van der Waals surface area (Å²) in [6.07, 6.45) is 9.89. The largest absolute Gasteiger partial charge is 0.497 e. The summed E-state index contributed by atoms with van der Waals surface area (Å²) in [7, 11) is 1.71. The number of fused-ring (bicyclic) bond motifs is 1. The van der Waals surface area contributed by atoms with Gasteiger partial charge in [-0.2, -0.15) is 5.26 Å². The molecule has 0 heterocycles. The number of benzene rings is 1. The molecule has 0 saturated carbocycles. The van der Waals surface area contributed by atoms with Crippen LogP contribution in [0.5, 0.6) is 5.75 Å². The Kier molecular flexibility index (Phi) is 4.07. The number of hydrogen-bond donors (Lipinski definition) is 0. The minimum atomic E-state index is 0.0766. The van der Waals surface area contributed by atoms with Crippen molar-refractivity contribution in [1.29, 1.82) is 5.26 Å². The van der Waals surface area contributed by atoms with Crippen LogP contribution in [0.25, 0.3) is 0 Å². The van der Waals surface area contributed by atoms with E-state index in [1.165, 1.54) is 16.7 Å². The highest BCUT2D eigenvalue weighted by molar-refractivity contribution is 5.44. The van der Waals surface area contributed by atoms with Crippen molar-refractivity contribution in [3.05, 3.63) is 53.1 Å². The predicted molar refractivity (Wildman–Crippen MR) is 88.5 cm³/mol. The molecule has 3 rings (SSSR count). The van der Waals surface area contributed by atoms with Crippen LogP contribution in [0, 0.1) is 22.7 Å². The Morgan fingerprint density at radius 2 is 2.18 bits per heavy atom. The van der Waals surface area contributed by atoms with Crippen LogP contribution in [0.15, 0.2) is 47.6 Å². The fourth-order valence-corrected chi connectivity index (χ4v) is 3.92. The van der Waals surface area contributed by atoms with Crippen LogP contribution in [0.2, 0.25) is 0 Å². The standard InChI is InChI=1S/C20H23NO/c1-20-12-4-6-16(19(20)11-10-17(20)14-21)9-8-15-5-3-7-18(13-15)22-2/h3,5-7,11,13,17H,4,8-10,12H2,1-2H3/t17-,20-/m1/s1. The average Bonchev–Trinajstić information content (AvgIpc) is 2.89. The number of nitrogens with zero attached hydrogens (tertiary/aromatic N) is 1. The van der Waals surface area contributed by atoms with E-state index in [9.17, 15) is 5.26 Å². The van der Waals surface area contributed by atoms with E-state index in [0.29, 0.717) is 0 Å². The molecule has 22 heavy (non-hydrogen) atoms. The van der Waals surface area contributed by atoms with Gasteiger partial charge in [-0.05, 0) is 60.9 Å². The SMILES string of the molecule is COc1cccc(CCC2=CCC[C@@]3(C)C2=CC[C@@H]3C#N)c1. The van der Waals surface area contributed by atoms with Crippen molar-refractivity contribution < 1.29 is 4.74 Å². The van der Waals surface area contributed by atoms with E-state index in [4.69, 9.17) is 4.74 Å². The van der Waals surface area contributed by atoms with Crippen LogP contribution in [0.3, 0.4) is 0 Å². The normalized spacial score (nSPS) is 26.7. The molecule has 2 heteroatoms. The second-order valence-electron chi connectivity index (χ2n) is 6.57. The fourth-order valence-electron chi connectivity index (χ4n) is 3.92. The van der Waals surface area contributed by atoms with Gasteiger partial charge in [0.25, 0.3) is 0 Å². The van der Waals surface area contributed by atoms with Crippen molar-refractivity contribution in [3.8, 4) is 11.8 Å². The van der Waals surface area contributed by atoms with Gasteiger partial charge >= 0.3 is 0 Å². The zero-order valence-corrected chi connectivity index (χ0v) is 13.4. The molecule has 114 valence electrons. The van der Waals surface area contributed by atoms with Gasteiger partial charge in [-0.15, -0.1) is 0 Å². The molecule has 0 unspecified atom stereocenters. The molecule has 1 aromatic carbocycles. The van der Waals surface area contributed by atoms with Crippen LogP contribution in [-0.4, -0.2) is 7.11 Å². The maximum Gasteiger partial charge on any atom is 0.119 e. The molecule has 2 aliphatic carbocycles. The van der Waals surface area contributed by atoms with Gasteiger partial charge in [0, 0.05) is 5.41 Å². The minimum Gasteiger partial charge on any atom is -0.497 e. The van der Waals surface area contributed by atoms with Crippen LogP contribution >= 0.6 is 0 Å². The summed E-state index contributed by atoms with van der Waals surface area (Å²) in [5, 5.41) is 9.41. The smallest absolute Gasteiger partial charge is 0.119 e. The third-order valence-electron chi connectivity index (χ3n) is 5.32. The third-order valence-corrected chi connectivity index (χ3v) is 5.32. The molecule has 0 bridgehead atoms. The monoisotopic (exact) mass is 293 g/mol. The Morgan fingerprint density at radius 1 is 1.32 bits per heavy atom. The third kappa shape index (κ3) is 2.57. The fraction of sp³-hybridized carbons (Fsp3) is 0.450. The van der Waals surface area contributed by atoms with Gasteiger partial charge in [-0.1, -0.05) is 31.2 Å². The number of rotatable bonds is 4. The quantitative estimate of drug-likeness (QED) is 0.797. The summed E-state index contributed by atoms with van der Waals surface area (Å²) < 4.78 is 5.30. The lowest BCUT2D eigenvalue weighted by Crippen LogP contribution is -2.27. The molecular formula is C20H23NO. The zero-order valence-electron chi connectivity index (χ0n) is 13.4. The lowest BCUT2D eigenvalue weighted by molar-refractivity contribution is 0.292. The number of methoxy groups -OCH3 is 1. The molecular weight excluding hydrogens is 270 g/mol. The number of aryl methyl sites for hydroxylation is 1. The van der Waals surface area contributed by atoms with E-state index in [-0.39, 0.29) is 11.3 Å². The second kappa shape index (κ2) is 6.01. The second-order valence-corrected chi connectivity index (χ2v) is 6.57. The van der Waals surface area contributed by atoms with E-state index in [2.05, 4.69) is 37.3 Å². The molecule has 0 radical (unpaired) electrons. The van der Waals surface area contributed by atoms with Crippen LogP contribution in [-0.2, 0) is 6.42 Å². The number of nitriles is 1. The molecule has 0 saturated heterocycles. The lowest BCUT2D eigenvalue weighted by atomic mass is 9.67. The Morgan fingerprint density at radius 3 is 2.95 bits per heavy atom. The Bertz CT molecular complexity index is 665. The molecule has 2 nitrogen and oxygen atoms in total. The van der Waals surface area contributed by atoms with Crippen molar-refractivity contribution in [2.45, 2.75) is 39.0 Å². The van der Waals surface area contributed by atoms with E-state index in [1.54, 1.807) is 7.11 Å². The first-order valence-corrected chi connectivity index (χ1v) is 8.10. The van der Waals surface area contributed by atoms with E-state index < -0.39 is 0 Å². The molecule has 0 aromatic heterocycles. The highest BCUT2D eigenvalue weighted by Crippen LogP contribution is 2.52. The Labute approximate surface area is 133 Å². The summed E-state index contributed by atoms with van der Waals surface area (Å²) in [4.78, 5) is 0. The summed E-state index contributed by atoms with van der Waals surface area (Å²) in [5.74, 6) is 1.08. The van der Waals surface area contributed by atoms with Crippen molar-refractivity contribution >= 4 is 0 Å². The maximum atomic E-state index is 9.41. The van der Waals surface area contributed by atoms with Crippen molar-refractivity contribution in [2.24, 2.45) is 11.3 Å². The highest BCUT2D eigenvalue weighted by atomic mass is 16.5. The summed E-state index contributed by atoms with van der Waals surface area (Å²) in [5.41, 5.74) is 4.28. The van der Waals surface area contributed by atoms with Crippen LogP contribution < -0.4 is 4.74 Å². The minimum absolute atomic E-state index is 0.0766. The molecule has 0 spiro atoms. The molecule has 2 atom stereocenters. The lowest BCUT2D eigenvalue weighted by Gasteiger charge is -2.36. The summed E-state index contributed by atoms with van der Waals surface area (Å²) in [6.45, 7) is 2.28. The molecule has 0 fully saturated rings. The number of hydrogen-bond acceptors (Lipinski definition) is 2. The first kappa shape index (κ1) is 14.9. The van der Waals surface area contributed by atoms with Gasteiger partial charge < -0.3 is 4.74 Å². The summed E-state index contributed by atoms with van der Waals surface area (Å²) >= 11 is 0. The molecule has 0 aliphatic heterocycles. The van der Waals surface area contributed by atoms with E-state index >= 15 is 0 Å². The molecule has 0 N–H and O–H groups in total. The molecule has 1 aromatic rings. The van der Waals surface area contributed by atoms with Crippen LogP contribution in [0.4, 0.5) is 0 Å². The summed E-state index contributed by atoms with van der Waals surface area (Å²) in [6, 6.07) is 10.8. The van der Waals surface area contributed by atoms with Gasteiger partial charge in [0.2, 0.25) is 0 Å². The maximum absolute atomic E-state index is 9.41. The van der Waals surface area contributed by atoms with Gasteiger partial charge in [-0.25, -0.2) is 0 Å². The topological polar surface area (TPSA) is 33.0 Å². The van der Waals surface area contributed by atoms with E-state index in [0.717, 1.165) is 37.9 Å². The van der Waals surface area contributed by atoms with E-state index in [1.807, 2.05) is 12.1 Å². The van der Waals surface area contributed by atoms with Crippen molar-refractivity contribution in [1.82, 2.24) is 0 Å². The van der Waals surface area contributed by atoms with Crippen molar-refractivity contribution in [3.63, 3.8) is 0 Å². The van der Waals surface area contributed by atoms with Gasteiger partial charge in [-0.3, -0.25) is 0 Å². The van der Waals surface area contributed by atoms with Gasteiger partial charge in [0.15, 0.2) is 0 Å². The van der Waals surface area contributed by atoms with Gasteiger partial charge in [0.1, 0.15) is 5.75 Å². The average molecular weight is 293 g/mol. The first-order chi connectivity index (χ1) is 10.7. The molecule has 0 amide bonds. The zero-order chi connectivity index (χ0) is 15.6. The Balaban J connectivity index is 1.73. The highest BCUT2D eigenvalue weighted by Gasteiger charge is 2.43. The van der Waals surface area contributed by atoms with Gasteiger partial charge in [0.05, 0.1) is 19.1 Å². The number of allylic oxidation sites excluding steroid dienone is 4. The van der Waals surface area contributed by atoms with Crippen molar-refractivity contribution in [2.75, 3.05) is 7.11 Å². The first-order valence-electron chi connectivity index (χ1n) is 8.10. The number of ether oxygens (including phenoxy) is 1. The van der Waals surface area contributed by atoms with Crippen LogP contribution in [0.1, 0.15) is 38.2 Å².